The van der Waals surface area contributed by atoms with Crippen molar-refractivity contribution in [3.05, 3.63) is 16.7 Å². The number of nitrogens with zero attached hydrogens (tertiary/aromatic N) is 2. The first-order valence-corrected chi connectivity index (χ1v) is 9.77. The highest BCUT2D eigenvalue weighted by atomic mass is 79.9. The van der Waals surface area contributed by atoms with E-state index in [1.54, 1.807) is 4.90 Å². The zero-order chi connectivity index (χ0) is 17.5. The first-order valence-electron chi connectivity index (χ1n) is 7.50. The molecular weight excluding hydrogens is 384 g/mol. The molecule has 0 aromatic carbocycles. The van der Waals surface area contributed by atoms with Crippen LogP contribution in [0.2, 0.25) is 0 Å². The molecule has 1 heterocycles. The van der Waals surface area contributed by atoms with E-state index >= 15 is 0 Å². The Hall–Kier alpha value is -1.19. The quantitative estimate of drug-likeness (QED) is 0.649. The number of sulfonamides is 1. The summed E-state index contributed by atoms with van der Waals surface area (Å²) >= 11 is 3.16. The Morgan fingerprint density at radius 1 is 1.35 bits per heavy atom. The molecule has 23 heavy (non-hydrogen) atoms. The molecule has 0 atom stereocenters. The van der Waals surface area contributed by atoms with E-state index in [1.807, 2.05) is 13.8 Å². The van der Waals surface area contributed by atoms with Gasteiger partial charge in [-0.1, -0.05) is 13.8 Å². The average molecular weight is 407 g/mol. The van der Waals surface area contributed by atoms with E-state index < -0.39 is 10.0 Å². The minimum atomic E-state index is -3.80. The van der Waals surface area contributed by atoms with Gasteiger partial charge in [-0.2, -0.15) is 0 Å². The van der Waals surface area contributed by atoms with Crippen LogP contribution >= 0.6 is 15.9 Å². The number of amides is 1. The van der Waals surface area contributed by atoms with Crippen molar-refractivity contribution < 1.29 is 13.2 Å². The highest BCUT2D eigenvalue weighted by Crippen LogP contribution is 2.20. The number of hydrogen-bond acceptors (Lipinski definition) is 5. The zero-order valence-corrected chi connectivity index (χ0v) is 15.8. The molecule has 1 rings (SSSR count). The second-order valence-corrected chi connectivity index (χ2v) is 7.72. The van der Waals surface area contributed by atoms with Gasteiger partial charge in [0.15, 0.2) is 0 Å². The van der Waals surface area contributed by atoms with Gasteiger partial charge in [0, 0.05) is 36.7 Å². The molecule has 0 saturated heterocycles. The minimum absolute atomic E-state index is 0.0248. The Bertz CT molecular complexity index is 631. The number of halogens is 1. The van der Waals surface area contributed by atoms with E-state index in [9.17, 15) is 13.2 Å². The molecule has 1 aromatic heterocycles. The van der Waals surface area contributed by atoms with Gasteiger partial charge in [0.1, 0.15) is 10.7 Å². The number of rotatable bonds is 9. The highest BCUT2D eigenvalue weighted by molar-refractivity contribution is 9.10. The number of nitrogen functional groups attached to an aromatic ring is 1. The van der Waals surface area contributed by atoms with Gasteiger partial charge < -0.3 is 10.6 Å². The van der Waals surface area contributed by atoms with Crippen LogP contribution in [0.4, 0.5) is 5.82 Å². The maximum absolute atomic E-state index is 12.2. The van der Waals surface area contributed by atoms with Crippen LogP contribution in [-0.2, 0) is 14.8 Å². The van der Waals surface area contributed by atoms with Gasteiger partial charge in [-0.25, -0.2) is 18.1 Å². The molecule has 130 valence electrons. The van der Waals surface area contributed by atoms with Crippen LogP contribution in [0.5, 0.6) is 0 Å². The number of anilines is 1. The summed E-state index contributed by atoms with van der Waals surface area (Å²) in [5, 5.41) is 0. The van der Waals surface area contributed by atoms with E-state index in [-0.39, 0.29) is 29.6 Å². The number of nitrogens with one attached hydrogen (secondary N) is 1. The van der Waals surface area contributed by atoms with Gasteiger partial charge in [0.25, 0.3) is 0 Å². The molecule has 0 saturated carbocycles. The molecule has 0 aliphatic carbocycles. The summed E-state index contributed by atoms with van der Waals surface area (Å²) in [4.78, 5) is 17.6. The summed E-state index contributed by atoms with van der Waals surface area (Å²) in [6.07, 6.45) is 3.28. The van der Waals surface area contributed by atoms with Crippen LogP contribution in [0.25, 0.3) is 0 Å². The fourth-order valence-corrected chi connectivity index (χ4v) is 3.70. The lowest BCUT2D eigenvalue weighted by Gasteiger charge is -2.21. The van der Waals surface area contributed by atoms with E-state index in [1.165, 1.54) is 12.3 Å². The monoisotopic (exact) mass is 406 g/mol. The van der Waals surface area contributed by atoms with Gasteiger partial charge in [0.2, 0.25) is 15.9 Å². The van der Waals surface area contributed by atoms with Crippen molar-refractivity contribution in [2.75, 3.05) is 25.4 Å². The van der Waals surface area contributed by atoms with Crippen LogP contribution in [-0.4, -0.2) is 43.8 Å². The summed E-state index contributed by atoms with van der Waals surface area (Å²) < 4.78 is 27.4. The van der Waals surface area contributed by atoms with Crippen LogP contribution in [0.1, 0.15) is 33.1 Å². The lowest BCUT2D eigenvalue weighted by molar-refractivity contribution is -0.131. The third-order valence-electron chi connectivity index (χ3n) is 3.11. The van der Waals surface area contributed by atoms with E-state index in [2.05, 4.69) is 25.6 Å². The van der Waals surface area contributed by atoms with Crippen molar-refractivity contribution in [3.63, 3.8) is 0 Å². The Morgan fingerprint density at radius 2 is 1.96 bits per heavy atom. The normalized spacial score (nSPS) is 11.4. The lowest BCUT2D eigenvalue weighted by Crippen LogP contribution is -2.35. The topological polar surface area (TPSA) is 105 Å². The predicted octanol–water partition coefficient (Wildman–Crippen LogP) is 1.74. The minimum Gasteiger partial charge on any atom is -0.383 e. The molecule has 7 nitrogen and oxygen atoms in total. The average Bonchev–Trinajstić information content (AvgIpc) is 2.49. The molecule has 0 aliphatic heterocycles. The molecular formula is C14H23BrN4O3S. The number of aromatic nitrogens is 1. The van der Waals surface area contributed by atoms with E-state index in [0.717, 1.165) is 12.8 Å². The zero-order valence-electron chi connectivity index (χ0n) is 13.4. The highest BCUT2D eigenvalue weighted by Gasteiger charge is 2.19. The second-order valence-electron chi connectivity index (χ2n) is 5.07. The van der Waals surface area contributed by atoms with Crippen molar-refractivity contribution >= 4 is 37.7 Å². The third-order valence-corrected chi connectivity index (χ3v) is 5.03. The largest absolute Gasteiger partial charge is 0.383 e. The molecule has 0 spiro atoms. The molecule has 0 unspecified atom stereocenters. The van der Waals surface area contributed by atoms with Crippen molar-refractivity contribution in [1.29, 1.82) is 0 Å². The van der Waals surface area contributed by atoms with Crippen molar-refractivity contribution in [2.45, 2.75) is 38.0 Å². The maximum atomic E-state index is 12.2. The molecule has 9 heteroatoms. The van der Waals surface area contributed by atoms with Gasteiger partial charge in [-0.15, -0.1) is 0 Å². The summed E-state index contributed by atoms with van der Waals surface area (Å²) in [6.45, 7) is 5.39. The van der Waals surface area contributed by atoms with Crippen molar-refractivity contribution in [1.82, 2.24) is 14.6 Å². The lowest BCUT2D eigenvalue weighted by atomic mass is 10.3. The SMILES string of the molecule is CCCN(CCC)C(=O)CCNS(=O)(=O)c1cc(Br)cnc1N. The molecule has 3 N–H and O–H groups in total. The van der Waals surface area contributed by atoms with Gasteiger partial charge in [0.05, 0.1) is 0 Å². The van der Waals surface area contributed by atoms with Gasteiger partial charge >= 0.3 is 0 Å². The molecule has 0 bridgehead atoms. The molecule has 1 amide bonds. The van der Waals surface area contributed by atoms with Crippen LogP contribution in [0.15, 0.2) is 21.6 Å². The van der Waals surface area contributed by atoms with Gasteiger partial charge in [-0.3, -0.25) is 4.79 Å². The Labute approximate surface area is 145 Å². The van der Waals surface area contributed by atoms with Crippen molar-refractivity contribution in [2.24, 2.45) is 0 Å². The maximum Gasteiger partial charge on any atom is 0.244 e. The summed E-state index contributed by atoms with van der Waals surface area (Å²) in [5.74, 6) is -0.137. The number of nitrogens with two attached hydrogens (primary N) is 1. The van der Waals surface area contributed by atoms with Crippen LogP contribution in [0.3, 0.4) is 0 Å². The second kappa shape index (κ2) is 9.19. The Kier molecular flexibility index (Phi) is 7.93. The first-order chi connectivity index (χ1) is 10.8. The Balaban J connectivity index is 2.66. The molecule has 1 aromatic rings. The summed E-state index contributed by atoms with van der Waals surface area (Å²) in [6, 6.07) is 1.38. The standard InChI is InChI=1S/C14H23BrN4O3S/c1-3-7-19(8-4-2)13(20)5-6-18-23(21,22)12-9-11(15)10-17-14(12)16/h9-10,18H,3-8H2,1-2H3,(H2,16,17). The predicted molar refractivity (Wildman–Crippen MR) is 93.3 cm³/mol. The fraction of sp³-hybridized carbons (Fsp3) is 0.571. The van der Waals surface area contributed by atoms with Crippen molar-refractivity contribution in [3.8, 4) is 0 Å². The number of carbonyl (C=O) groups excluding carboxylic acids is 1. The van der Waals surface area contributed by atoms with E-state index in [0.29, 0.717) is 17.6 Å². The van der Waals surface area contributed by atoms with Crippen LogP contribution in [0, 0.1) is 0 Å². The number of carbonyl (C=O) groups is 1. The molecule has 0 fully saturated rings. The smallest absolute Gasteiger partial charge is 0.244 e. The molecule has 0 radical (unpaired) electrons. The summed E-state index contributed by atoms with van der Waals surface area (Å²) in [5.41, 5.74) is 5.61. The number of hydrogen-bond donors (Lipinski definition) is 2. The Morgan fingerprint density at radius 3 is 2.52 bits per heavy atom. The van der Waals surface area contributed by atoms with Crippen LogP contribution < -0.4 is 10.5 Å². The third kappa shape index (κ3) is 6.08. The van der Waals surface area contributed by atoms with Gasteiger partial charge in [-0.05, 0) is 34.8 Å². The van der Waals surface area contributed by atoms with E-state index in [4.69, 9.17) is 5.73 Å². The molecule has 0 aliphatic rings. The first kappa shape index (κ1) is 19.9. The fourth-order valence-electron chi connectivity index (χ4n) is 2.08. The summed E-state index contributed by atoms with van der Waals surface area (Å²) in [7, 11) is -3.80. The number of pyridine rings is 1.